The van der Waals surface area contributed by atoms with Crippen LogP contribution in [0.5, 0.6) is 0 Å². The van der Waals surface area contributed by atoms with Crippen LogP contribution in [0, 0.1) is 5.82 Å². The van der Waals surface area contributed by atoms with E-state index in [9.17, 15) is 9.18 Å². The highest BCUT2D eigenvalue weighted by molar-refractivity contribution is 9.10. The maximum Gasteiger partial charge on any atom is 0.257 e. The van der Waals surface area contributed by atoms with Crippen LogP contribution in [-0.2, 0) is 0 Å². The molecule has 6 heteroatoms. The second-order valence-electron chi connectivity index (χ2n) is 3.68. The van der Waals surface area contributed by atoms with Crippen molar-refractivity contribution < 1.29 is 9.18 Å². The summed E-state index contributed by atoms with van der Waals surface area (Å²) < 4.78 is 14.1. The zero-order valence-electron chi connectivity index (χ0n) is 9.38. The van der Waals surface area contributed by atoms with Gasteiger partial charge in [0.25, 0.3) is 5.91 Å². The number of para-hydroxylation sites is 1. The molecule has 98 valence electrons. The van der Waals surface area contributed by atoms with E-state index in [0.717, 1.165) is 6.07 Å². The lowest BCUT2D eigenvalue weighted by Crippen LogP contribution is -2.13. The van der Waals surface area contributed by atoms with Gasteiger partial charge < -0.3 is 5.32 Å². The molecule has 2 nitrogen and oxygen atoms in total. The molecule has 1 N–H and O–H groups in total. The third-order valence-electron chi connectivity index (χ3n) is 2.38. The Balaban J connectivity index is 2.31. The van der Waals surface area contributed by atoms with E-state index < -0.39 is 11.7 Å². The number of hydrogen-bond donors (Lipinski definition) is 1. The second kappa shape index (κ2) is 5.90. The van der Waals surface area contributed by atoms with Gasteiger partial charge in [0.2, 0.25) is 0 Å². The molecule has 19 heavy (non-hydrogen) atoms. The Kier molecular flexibility index (Phi) is 4.45. The zero-order chi connectivity index (χ0) is 14.0. The summed E-state index contributed by atoms with van der Waals surface area (Å²) in [5, 5.41) is 2.60. The van der Waals surface area contributed by atoms with Gasteiger partial charge in [-0.3, -0.25) is 4.79 Å². The van der Waals surface area contributed by atoms with Crippen LogP contribution < -0.4 is 5.32 Å². The van der Waals surface area contributed by atoms with Crippen LogP contribution in [-0.4, -0.2) is 5.91 Å². The number of rotatable bonds is 2. The first-order valence-electron chi connectivity index (χ1n) is 5.19. The van der Waals surface area contributed by atoms with Crippen molar-refractivity contribution >= 4 is 50.7 Å². The van der Waals surface area contributed by atoms with Crippen LogP contribution in [0.4, 0.5) is 10.1 Å². The summed E-state index contributed by atoms with van der Waals surface area (Å²) in [6.45, 7) is 0. The molecular weight excluding hydrogens is 356 g/mol. The summed E-state index contributed by atoms with van der Waals surface area (Å²) >= 11 is 14.8. The molecule has 0 aliphatic heterocycles. The van der Waals surface area contributed by atoms with E-state index in [-0.39, 0.29) is 15.6 Å². The van der Waals surface area contributed by atoms with Crippen molar-refractivity contribution in [2.24, 2.45) is 0 Å². The SMILES string of the molecule is O=C(Nc1ccccc1Br)c1cc(F)c(Cl)cc1Cl. The molecule has 0 saturated heterocycles. The molecule has 0 aliphatic rings. The quantitative estimate of drug-likeness (QED) is 0.735. The van der Waals surface area contributed by atoms with Gasteiger partial charge in [-0.05, 0) is 40.2 Å². The number of hydrogen-bond acceptors (Lipinski definition) is 1. The molecule has 0 fully saturated rings. The minimum Gasteiger partial charge on any atom is -0.321 e. The van der Waals surface area contributed by atoms with Gasteiger partial charge in [0.05, 0.1) is 21.3 Å². The second-order valence-corrected chi connectivity index (χ2v) is 5.35. The lowest BCUT2D eigenvalue weighted by Gasteiger charge is -2.09. The van der Waals surface area contributed by atoms with Crippen LogP contribution >= 0.6 is 39.1 Å². The Labute approximate surface area is 127 Å². The number of carbonyl (C=O) groups excluding carboxylic acids is 1. The van der Waals surface area contributed by atoms with E-state index in [0.29, 0.717) is 10.2 Å². The van der Waals surface area contributed by atoms with E-state index in [1.54, 1.807) is 18.2 Å². The number of halogens is 4. The fourth-order valence-electron chi connectivity index (χ4n) is 1.45. The fourth-order valence-corrected chi connectivity index (χ4v) is 2.30. The van der Waals surface area contributed by atoms with Gasteiger partial charge in [0.15, 0.2) is 0 Å². The number of anilines is 1. The number of amides is 1. The maximum absolute atomic E-state index is 13.4. The molecule has 0 atom stereocenters. The summed E-state index contributed by atoms with van der Waals surface area (Å²) in [7, 11) is 0. The monoisotopic (exact) mass is 361 g/mol. The van der Waals surface area contributed by atoms with Gasteiger partial charge in [-0.25, -0.2) is 4.39 Å². The van der Waals surface area contributed by atoms with E-state index in [4.69, 9.17) is 23.2 Å². The summed E-state index contributed by atoms with van der Waals surface area (Å²) in [6.07, 6.45) is 0. The summed E-state index contributed by atoms with van der Waals surface area (Å²) in [5.74, 6) is -1.20. The van der Waals surface area contributed by atoms with Crippen LogP contribution in [0.3, 0.4) is 0 Å². The molecular formula is C13H7BrCl2FNO. The van der Waals surface area contributed by atoms with Crippen molar-refractivity contribution in [1.82, 2.24) is 0 Å². The summed E-state index contributed by atoms with van der Waals surface area (Å²) in [4.78, 5) is 12.0. The highest BCUT2D eigenvalue weighted by Crippen LogP contribution is 2.26. The number of nitrogens with one attached hydrogen (secondary N) is 1. The average Bonchev–Trinajstić information content (AvgIpc) is 2.36. The zero-order valence-corrected chi connectivity index (χ0v) is 12.5. The predicted octanol–water partition coefficient (Wildman–Crippen LogP) is 5.15. The van der Waals surface area contributed by atoms with Crippen molar-refractivity contribution in [2.45, 2.75) is 0 Å². The van der Waals surface area contributed by atoms with Crippen molar-refractivity contribution in [2.75, 3.05) is 5.32 Å². The molecule has 2 rings (SSSR count). The Morgan fingerprint density at radius 3 is 2.53 bits per heavy atom. The first-order valence-corrected chi connectivity index (χ1v) is 6.74. The van der Waals surface area contributed by atoms with Gasteiger partial charge >= 0.3 is 0 Å². The van der Waals surface area contributed by atoms with Gasteiger partial charge in [0.1, 0.15) is 5.82 Å². The third-order valence-corrected chi connectivity index (χ3v) is 3.67. The molecule has 0 radical (unpaired) electrons. The molecule has 0 bridgehead atoms. The van der Waals surface area contributed by atoms with Crippen molar-refractivity contribution in [3.8, 4) is 0 Å². The Morgan fingerprint density at radius 2 is 1.84 bits per heavy atom. The highest BCUT2D eigenvalue weighted by atomic mass is 79.9. The topological polar surface area (TPSA) is 29.1 Å². The molecule has 1 amide bonds. The van der Waals surface area contributed by atoms with E-state index in [1.807, 2.05) is 6.07 Å². The van der Waals surface area contributed by atoms with Crippen LogP contribution in [0.15, 0.2) is 40.9 Å². The van der Waals surface area contributed by atoms with Gasteiger partial charge in [0, 0.05) is 4.47 Å². The van der Waals surface area contributed by atoms with Crippen molar-refractivity contribution in [3.05, 3.63) is 62.3 Å². The van der Waals surface area contributed by atoms with E-state index in [1.165, 1.54) is 6.07 Å². The molecule has 0 aliphatic carbocycles. The number of benzene rings is 2. The molecule has 0 aromatic heterocycles. The fraction of sp³-hybridized carbons (Fsp3) is 0. The van der Waals surface area contributed by atoms with Crippen LogP contribution in [0.2, 0.25) is 10.0 Å². The highest BCUT2D eigenvalue weighted by Gasteiger charge is 2.15. The molecule has 0 spiro atoms. The predicted molar refractivity (Wildman–Crippen MR) is 78.5 cm³/mol. The standard InChI is InChI=1S/C13H7BrCl2FNO/c14-8-3-1-2-4-12(8)18-13(19)7-5-11(17)10(16)6-9(7)15/h1-6H,(H,18,19). The molecule has 0 heterocycles. The Bertz CT molecular complexity index is 649. The number of carbonyl (C=O) groups is 1. The largest absolute Gasteiger partial charge is 0.321 e. The smallest absolute Gasteiger partial charge is 0.257 e. The summed E-state index contributed by atoms with van der Waals surface area (Å²) in [5.41, 5.74) is 0.596. The Hall–Kier alpha value is -1.10. The van der Waals surface area contributed by atoms with E-state index >= 15 is 0 Å². The molecule has 2 aromatic carbocycles. The summed E-state index contributed by atoms with van der Waals surface area (Å²) in [6, 6.07) is 9.28. The van der Waals surface area contributed by atoms with Crippen molar-refractivity contribution in [1.29, 1.82) is 0 Å². The normalized spacial score (nSPS) is 10.3. The lowest BCUT2D eigenvalue weighted by molar-refractivity contribution is 0.102. The van der Waals surface area contributed by atoms with Crippen molar-refractivity contribution in [3.63, 3.8) is 0 Å². The third kappa shape index (κ3) is 3.26. The van der Waals surface area contributed by atoms with Gasteiger partial charge in [-0.1, -0.05) is 35.3 Å². The van der Waals surface area contributed by atoms with Crippen LogP contribution in [0.25, 0.3) is 0 Å². The van der Waals surface area contributed by atoms with Gasteiger partial charge in [-0.2, -0.15) is 0 Å². The first-order chi connectivity index (χ1) is 8.99. The van der Waals surface area contributed by atoms with Gasteiger partial charge in [-0.15, -0.1) is 0 Å². The minimum atomic E-state index is -0.691. The lowest BCUT2D eigenvalue weighted by atomic mass is 10.2. The molecule has 2 aromatic rings. The average molecular weight is 363 g/mol. The van der Waals surface area contributed by atoms with E-state index in [2.05, 4.69) is 21.2 Å². The Morgan fingerprint density at radius 1 is 1.16 bits per heavy atom. The molecule has 0 unspecified atom stereocenters. The molecule has 0 saturated carbocycles. The maximum atomic E-state index is 13.4. The minimum absolute atomic E-state index is 0.0271. The van der Waals surface area contributed by atoms with Crippen LogP contribution in [0.1, 0.15) is 10.4 Å². The first kappa shape index (κ1) is 14.3.